The van der Waals surface area contributed by atoms with E-state index in [4.69, 9.17) is 4.74 Å². The van der Waals surface area contributed by atoms with Gasteiger partial charge in [0.2, 0.25) is 0 Å². The van der Waals surface area contributed by atoms with E-state index in [0.717, 1.165) is 30.2 Å². The first-order valence-electron chi connectivity index (χ1n) is 6.73. The minimum atomic E-state index is 0.748. The third-order valence-electron chi connectivity index (χ3n) is 4.41. The third kappa shape index (κ3) is 1.75. The molecule has 92 valence electrons. The van der Waals surface area contributed by atoms with E-state index in [1.165, 1.54) is 19.3 Å². The van der Waals surface area contributed by atoms with E-state index in [2.05, 4.69) is 30.4 Å². The van der Waals surface area contributed by atoms with Crippen LogP contribution in [0.2, 0.25) is 0 Å². The van der Waals surface area contributed by atoms with E-state index in [-0.39, 0.29) is 0 Å². The van der Waals surface area contributed by atoms with Gasteiger partial charge in [-0.1, -0.05) is 13.0 Å². The number of rotatable bonds is 4. The fraction of sp³-hybridized carbons (Fsp3) is 0.600. The van der Waals surface area contributed by atoms with Crippen LogP contribution in [0.3, 0.4) is 0 Å². The van der Waals surface area contributed by atoms with Crippen molar-refractivity contribution < 1.29 is 4.74 Å². The van der Waals surface area contributed by atoms with Gasteiger partial charge < -0.3 is 10.1 Å². The van der Waals surface area contributed by atoms with Crippen molar-refractivity contribution in [2.75, 3.05) is 13.7 Å². The monoisotopic (exact) mass is 231 g/mol. The summed E-state index contributed by atoms with van der Waals surface area (Å²) < 4.78 is 5.32. The molecule has 0 heterocycles. The third-order valence-corrected chi connectivity index (χ3v) is 4.41. The maximum Gasteiger partial charge on any atom is 0.119 e. The molecule has 1 fully saturated rings. The normalized spacial score (nSPS) is 29.4. The summed E-state index contributed by atoms with van der Waals surface area (Å²) in [4.78, 5) is 0. The van der Waals surface area contributed by atoms with Gasteiger partial charge in [0.1, 0.15) is 5.75 Å². The van der Waals surface area contributed by atoms with Crippen LogP contribution in [0.4, 0.5) is 0 Å². The Morgan fingerprint density at radius 3 is 3.06 bits per heavy atom. The Morgan fingerprint density at radius 1 is 1.41 bits per heavy atom. The lowest BCUT2D eigenvalue weighted by atomic mass is 9.70. The van der Waals surface area contributed by atoms with Crippen LogP contribution < -0.4 is 10.1 Å². The van der Waals surface area contributed by atoms with Crippen molar-refractivity contribution in [3.05, 3.63) is 29.3 Å². The molecule has 3 unspecified atom stereocenters. The molecule has 3 atom stereocenters. The summed E-state index contributed by atoms with van der Waals surface area (Å²) in [7, 11) is 1.75. The fourth-order valence-electron chi connectivity index (χ4n) is 3.40. The predicted octanol–water partition coefficient (Wildman–Crippen LogP) is 2.72. The Labute approximate surface area is 103 Å². The summed E-state index contributed by atoms with van der Waals surface area (Å²) in [6.45, 7) is 3.39. The van der Waals surface area contributed by atoms with Crippen LogP contribution in [0.5, 0.6) is 5.75 Å². The van der Waals surface area contributed by atoms with Crippen molar-refractivity contribution in [1.82, 2.24) is 5.32 Å². The average Bonchev–Trinajstić information content (AvgIpc) is 2.62. The highest BCUT2D eigenvalue weighted by Gasteiger charge is 2.46. The highest BCUT2D eigenvalue weighted by atomic mass is 16.5. The molecule has 0 spiro atoms. The van der Waals surface area contributed by atoms with Gasteiger partial charge in [0.05, 0.1) is 7.11 Å². The lowest BCUT2D eigenvalue weighted by Gasteiger charge is -2.41. The van der Waals surface area contributed by atoms with E-state index in [9.17, 15) is 0 Å². The smallest absolute Gasteiger partial charge is 0.119 e. The SMILES string of the molecule is CCCNC1CC2c3cc(OC)ccc3CC12. The van der Waals surface area contributed by atoms with E-state index >= 15 is 0 Å². The number of nitrogens with one attached hydrogen (secondary N) is 1. The summed E-state index contributed by atoms with van der Waals surface area (Å²) in [6.07, 6.45) is 3.80. The molecule has 1 saturated carbocycles. The highest BCUT2D eigenvalue weighted by Crippen LogP contribution is 2.51. The highest BCUT2D eigenvalue weighted by molar-refractivity contribution is 5.44. The number of hydrogen-bond acceptors (Lipinski definition) is 2. The van der Waals surface area contributed by atoms with Crippen LogP contribution in [0, 0.1) is 5.92 Å². The van der Waals surface area contributed by atoms with Gasteiger partial charge in [-0.3, -0.25) is 0 Å². The first kappa shape index (κ1) is 11.1. The number of fused-ring (bicyclic) bond motifs is 3. The molecule has 0 bridgehead atoms. The van der Waals surface area contributed by atoms with Gasteiger partial charge >= 0.3 is 0 Å². The molecule has 1 N–H and O–H groups in total. The van der Waals surface area contributed by atoms with Crippen LogP contribution in [0.25, 0.3) is 0 Å². The van der Waals surface area contributed by atoms with Crippen LogP contribution in [-0.4, -0.2) is 19.7 Å². The second-order valence-electron chi connectivity index (χ2n) is 5.34. The molecule has 17 heavy (non-hydrogen) atoms. The van der Waals surface area contributed by atoms with Crippen molar-refractivity contribution >= 4 is 0 Å². The average molecular weight is 231 g/mol. The van der Waals surface area contributed by atoms with Crippen LogP contribution in [0.15, 0.2) is 18.2 Å². The number of benzene rings is 1. The predicted molar refractivity (Wildman–Crippen MR) is 69.6 cm³/mol. The Kier molecular flexibility index (Phi) is 2.83. The zero-order chi connectivity index (χ0) is 11.8. The molecule has 0 aromatic heterocycles. The van der Waals surface area contributed by atoms with Gasteiger partial charge in [-0.2, -0.15) is 0 Å². The molecule has 3 rings (SSSR count). The van der Waals surface area contributed by atoms with Crippen molar-refractivity contribution in [2.24, 2.45) is 5.92 Å². The van der Waals surface area contributed by atoms with Gasteiger partial charge in [0.25, 0.3) is 0 Å². The fourth-order valence-corrected chi connectivity index (χ4v) is 3.40. The molecule has 2 aliphatic rings. The molecule has 1 aromatic carbocycles. The second kappa shape index (κ2) is 4.34. The Balaban J connectivity index is 1.73. The summed E-state index contributed by atoms with van der Waals surface area (Å²) in [5.41, 5.74) is 3.09. The van der Waals surface area contributed by atoms with Crippen molar-refractivity contribution in [1.29, 1.82) is 0 Å². The van der Waals surface area contributed by atoms with Gasteiger partial charge in [0, 0.05) is 6.04 Å². The summed E-state index contributed by atoms with van der Waals surface area (Å²) in [6, 6.07) is 7.34. The number of ether oxygens (including phenoxy) is 1. The molecule has 0 amide bonds. The Bertz CT molecular complexity index is 415. The molecule has 0 saturated heterocycles. The molecular formula is C15H21NO. The lowest BCUT2D eigenvalue weighted by Crippen LogP contribution is -2.47. The Morgan fingerprint density at radius 2 is 2.29 bits per heavy atom. The number of methoxy groups -OCH3 is 1. The minimum absolute atomic E-state index is 0.748. The maximum atomic E-state index is 5.32. The van der Waals surface area contributed by atoms with Crippen LogP contribution >= 0.6 is 0 Å². The maximum absolute atomic E-state index is 5.32. The first-order chi connectivity index (χ1) is 8.33. The molecule has 0 aliphatic heterocycles. The van der Waals surface area contributed by atoms with Gasteiger partial charge in [0.15, 0.2) is 0 Å². The van der Waals surface area contributed by atoms with Gasteiger partial charge in [-0.15, -0.1) is 0 Å². The van der Waals surface area contributed by atoms with Crippen molar-refractivity contribution in [3.63, 3.8) is 0 Å². The van der Waals surface area contributed by atoms with Crippen LogP contribution in [0.1, 0.15) is 36.8 Å². The Hall–Kier alpha value is -1.02. The summed E-state index contributed by atoms with van der Waals surface area (Å²) in [5, 5.41) is 3.67. The van der Waals surface area contributed by atoms with E-state index < -0.39 is 0 Å². The van der Waals surface area contributed by atoms with Crippen LogP contribution in [-0.2, 0) is 6.42 Å². The lowest BCUT2D eigenvalue weighted by molar-refractivity contribution is 0.184. The molecule has 2 heteroatoms. The molecular weight excluding hydrogens is 210 g/mol. The standard InChI is InChI=1S/C15H21NO/c1-3-6-16-15-9-13-12-8-11(17-2)5-4-10(12)7-14(13)15/h4-5,8,13-16H,3,6-7,9H2,1-2H3. The van der Waals surface area contributed by atoms with E-state index in [1.807, 2.05) is 0 Å². The zero-order valence-electron chi connectivity index (χ0n) is 10.7. The zero-order valence-corrected chi connectivity index (χ0v) is 10.7. The quantitative estimate of drug-likeness (QED) is 0.860. The van der Waals surface area contributed by atoms with E-state index in [1.54, 1.807) is 18.2 Å². The van der Waals surface area contributed by atoms with Crippen molar-refractivity contribution in [2.45, 2.75) is 38.1 Å². The summed E-state index contributed by atoms with van der Waals surface area (Å²) >= 11 is 0. The largest absolute Gasteiger partial charge is 0.497 e. The van der Waals surface area contributed by atoms with Gasteiger partial charge in [-0.25, -0.2) is 0 Å². The molecule has 2 aliphatic carbocycles. The second-order valence-corrected chi connectivity index (χ2v) is 5.34. The van der Waals surface area contributed by atoms with Gasteiger partial charge in [-0.05, 0) is 60.9 Å². The first-order valence-corrected chi connectivity index (χ1v) is 6.73. The molecule has 0 radical (unpaired) electrons. The topological polar surface area (TPSA) is 21.3 Å². The molecule has 2 nitrogen and oxygen atoms in total. The summed E-state index contributed by atoms with van der Waals surface area (Å²) in [5.74, 6) is 2.63. The van der Waals surface area contributed by atoms with E-state index in [0.29, 0.717) is 0 Å². The minimum Gasteiger partial charge on any atom is -0.497 e. The molecule has 1 aromatic rings. The van der Waals surface area contributed by atoms with Crippen molar-refractivity contribution in [3.8, 4) is 5.75 Å². The number of hydrogen-bond donors (Lipinski definition) is 1.